The molecule has 1 N–H and O–H groups in total. The fourth-order valence-corrected chi connectivity index (χ4v) is 7.50. The third-order valence-electron chi connectivity index (χ3n) is 9.95. The highest BCUT2D eigenvalue weighted by Crippen LogP contribution is 2.47. The van der Waals surface area contributed by atoms with Crippen LogP contribution in [0.4, 0.5) is 14.9 Å². The predicted octanol–water partition coefficient (Wildman–Crippen LogP) is 5.02. The van der Waals surface area contributed by atoms with Gasteiger partial charge in [0.15, 0.2) is 11.5 Å². The Labute approximate surface area is 286 Å². The van der Waals surface area contributed by atoms with Gasteiger partial charge in [0.2, 0.25) is 24.4 Å². The molecule has 3 aliphatic rings. The van der Waals surface area contributed by atoms with Gasteiger partial charge in [-0.25, -0.2) is 9.18 Å². The van der Waals surface area contributed by atoms with Crippen molar-refractivity contribution >= 4 is 29.5 Å². The molecule has 3 heterocycles. The molecule has 0 unspecified atom stereocenters. The Hall–Kier alpha value is -4.39. The van der Waals surface area contributed by atoms with Gasteiger partial charge in [0.05, 0.1) is 19.6 Å². The molecule has 2 aromatic carbocycles. The molecule has 3 atom stereocenters. The Balaban J connectivity index is 1.52. The van der Waals surface area contributed by atoms with Gasteiger partial charge in [0.25, 0.3) is 0 Å². The molecule has 0 aliphatic carbocycles. The van der Waals surface area contributed by atoms with Crippen molar-refractivity contribution in [3.8, 4) is 17.2 Å². The number of imide groups is 1. The maximum absolute atomic E-state index is 14.5. The highest BCUT2D eigenvalue weighted by molar-refractivity contribution is 5.97. The number of hydrogen-bond acceptors (Lipinski definition) is 8. The number of nitrogens with zero attached hydrogens (tertiary/aromatic N) is 4. The number of fused-ring (bicyclic) bond motifs is 1. The van der Waals surface area contributed by atoms with Crippen LogP contribution in [0.1, 0.15) is 69.4 Å². The Bertz CT molecular complexity index is 1560. The lowest BCUT2D eigenvalue weighted by Crippen LogP contribution is -2.52. The summed E-state index contributed by atoms with van der Waals surface area (Å²) >= 11 is 0. The van der Waals surface area contributed by atoms with Gasteiger partial charge >= 0.3 is 12.0 Å². The highest BCUT2D eigenvalue weighted by Gasteiger charge is 2.48. The lowest BCUT2D eigenvalue weighted by atomic mass is 9.84. The van der Waals surface area contributed by atoms with Crippen molar-refractivity contribution in [1.82, 2.24) is 14.7 Å². The number of likely N-dealkylation sites (tertiary alicyclic amines) is 1. The molecule has 49 heavy (non-hydrogen) atoms. The first-order valence-corrected chi connectivity index (χ1v) is 17.1. The van der Waals surface area contributed by atoms with Gasteiger partial charge in [-0.05, 0) is 67.6 Å². The van der Waals surface area contributed by atoms with Crippen LogP contribution in [0.3, 0.4) is 0 Å². The van der Waals surface area contributed by atoms with Crippen molar-refractivity contribution in [3.05, 3.63) is 47.3 Å². The van der Waals surface area contributed by atoms with E-state index in [1.165, 1.54) is 23.0 Å². The SMILES string of the molecule is CCCC(CCC)N(C(=O)CN1C[C@H](c2cc(OC)c3c(c2)OCO3)[C@@H](C(=O)O)[C@@H]1CCN1C(=O)CCN(C)C1=O)c1ccc(F)c(C)c1. The molecule has 5 rings (SSSR count). The second kappa shape index (κ2) is 15.4. The molecule has 0 aromatic heterocycles. The Morgan fingerprint density at radius 1 is 1.12 bits per heavy atom. The molecule has 2 fully saturated rings. The number of halogens is 1. The van der Waals surface area contributed by atoms with Crippen LogP contribution in [-0.2, 0) is 14.4 Å². The van der Waals surface area contributed by atoms with Gasteiger partial charge < -0.3 is 29.1 Å². The normalized spacial score (nSPS) is 20.8. The summed E-state index contributed by atoms with van der Waals surface area (Å²) in [5.41, 5.74) is 1.66. The van der Waals surface area contributed by atoms with Crippen molar-refractivity contribution in [1.29, 1.82) is 0 Å². The Morgan fingerprint density at radius 3 is 2.51 bits per heavy atom. The number of methoxy groups -OCH3 is 1. The molecule has 4 amide bonds. The number of carbonyl (C=O) groups is 4. The number of amides is 4. The molecule has 0 bridgehead atoms. The number of benzene rings is 2. The van der Waals surface area contributed by atoms with E-state index in [1.54, 1.807) is 43.1 Å². The first-order chi connectivity index (χ1) is 23.5. The smallest absolute Gasteiger partial charge is 0.326 e. The summed E-state index contributed by atoms with van der Waals surface area (Å²) in [6.45, 7) is 6.20. The average Bonchev–Trinajstić information content (AvgIpc) is 3.69. The van der Waals surface area contributed by atoms with Gasteiger partial charge in [0, 0.05) is 56.8 Å². The van der Waals surface area contributed by atoms with E-state index >= 15 is 0 Å². The Morgan fingerprint density at radius 2 is 1.86 bits per heavy atom. The average molecular weight is 683 g/mol. The van der Waals surface area contributed by atoms with Crippen LogP contribution in [0.2, 0.25) is 0 Å². The van der Waals surface area contributed by atoms with Gasteiger partial charge in [-0.1, -0.05) is 26.7 Å². The van der Waals surface area contributed by atoms with E-state index in [4.69, 9.17) is 14.2 Å². The van der Waals surface area contributed by atoms with Gasteiger partial charge in [-0.15, -0.1) is 0 Å². The summed E-state index contributed by atoms with van der Waals surface area (Å²) in [7, 11) is 3.12. The molecule has 2 aromatic rings. The molecular formula is C36H47FN4O8. The number of ether oxygens (including phenoxy) is 3. The van der Waals surface area contributed by atoms with Crippen LogP contribution < -0.4 is 19.1 Å². The summed E-state index contributed by atoms with van der Waals surface area (Å²) in [6, 6.07) is 6.89. The summed E-state index contributed by atoms with van der Waals surface area (Å²) in [6.07, 6.45) is 3.48. The number of rotatable bonds is 14. The van der Waals surface area contributed by atoms with Crippen LogP contribution >= 0.6 is 0 Å². The predicted molar refractivity (Wildman–Crippen MR) is 180 cm³/mol. The van der Waals surface area contributed by atoms with Gasteiger partial charge in [-0.2, -0.15) is 0 Å². The number of carboxylic acid groups (broad SMARTS) is 1. The van der Waals surface area contributed by atoms with Crippen LogP contribution in [0.5, 0.6) is 17.2 Å². The van der Waals surface area contributed by atoms with E-state index in [0.29, 0.717) is 40.6 Å². The molecule has 0 saturated carbocycles. The summed E-state index contributed by atoms with van der Waals surface area (Å²) in [5, 5.41) is 10.7. The topological polar surface area (TPSA) is 129 Å². The van der Waals surface area contributed by atoms with Crippen molar-refractivity contribution in [2.24, 2.45) is 5.92 Å². The van der Waals surface area contributed by atoms with Crippen molar-refractivity contribution in [2.45, 2.75) is 77.3 Å². The quantitative estimate of drug-likeness (QED) is 0.292. The minimum absolute atomic E-state index is 0.00709. The van der Waals surface area contributed by atoms with Crippen LogP contribution in [0.15, 0.2) is 30.3 Å². The van der Waals surface area contributed by atoms with E-state index in [-0.39, 0.29) is 62.9 Å². The number of carboxylic acids is 1. The number of aryl methyl sites for hydroxylation is 1. The second-order valence-electron chi connectivity index (χ2n) is 13.1. The maximum Gasteiger partial charge on any atom is 0.326 e. The molecular weight excluding hydrogens is 635 g/mol. The summed E-state index contributed by atoms with van der Waals surface area (Å²) in [4.78, 5) is 59.7. The number of hydrogen-bond donors (Lipinski definition) is 1. The molecule has 3 aliphatic heterocycles. The summed E-state index contributed by atoms with van der Waals surface area (Å²) in [5.74, 6) is -2.26. The summed E-state index contributed by atoms with van der Waals surface area (Å²) < 4.78 is 31.1. The first-order valence-electron chi connectivity index (χ1n) is 17.1. The zero-order valence-corrected chi connectivity index (χ0v) is 28.9. The standard InChI is InChI=1S/C36H47FN4O8/c1-6-8-24(9-7-2)41(25-10-11-27(37)22(3)16-25)32(43)20-39-19-26(23-17-29(47-5)34-30(18-23)48-21-49-34)33(35(44)45)28(39)12-15-40-31(42)13-14-38(4)36(40)46/h10-11,16-18,24,26,28,33H,6-9,12-15,19-21H2,1-5H3,(H,44,45)/t26-,28+,33-/m1/s1. The lowest BCUT2D eigenvalue weighted by Gasteiger charge is -2.36. The zero-order valence-electron chi connectivity index (χ0n) is 28.9. The van der Waals surface area contributed by atoms with E-state index < -0.39 is 29.9 Å². The van der Waals surface area contributed by atoms with E-state index in [2.05, 4.69) is 13.8 Å². The van der Waals surface area contributed by atoms with E-state index in [9.17, 15) is 28.7 Å². The fraction of sp³-hybridized carbons (Fsp3) is 0.556. The third kappa shape index (κ3) is 7.46. The molecule has 266 valence electrons. The molecule has 0 radical (unpaired) electrons. The first kappa shape index (κ1) is 35.9. The number of anilines is 1. The third-order valence-corrected chi connectivity index (χ3v) is 9.95. The van der Waals surface area contributed by atoms with Gasteiger partial charge in [-0.3, -0.25) is 24.2 Å². The number of carbonyl (C=O) groups excluding carboxylic acids is 3. The molecule has 12 nitrogen and oxygen atoms in total. The largest absolute Gasteiger partial charge is 0.493 e. The van der Waals surface area contributed by atoms with Crippen LogP contribution in [0.25, 0.3) is 0 Å². The molecule has 13 heteroatoms. The molecule has 2 saturated heterocycles. The fourth-order valence-electron chi connectivity index (χ4n) is 7.50. The monoisotopic (exact) mass is 682 g/mol. The maximum atomic E-state index is 14.5. The zero-order chi connectivity index (χ0) is 35.4. The van der Waals surface area contributed by atoms with Crippen molar-refractivity contribution < 1.29 is 42.9 Å². The minimum Gasteiger partial charge on any atom is -0.493 e. The van der Waals surface area contributed by atoms with Crippen LogP contribution in [-0.4, -0.2) is 103 Å². The van der Waals surface area contributed by atoms with Crippen LogP contribution in [0, 0.1) is 18.7 Å². The number of aliphatic carboxylic acids is 1. The van der Waals surface area contributed by atoms with Crippen molar-refractivity contribution in [2.75, 3.05) is 52.0 Å². The highest BCUT2D eigenvalue weighted by atomic mass is 19.1. The lowest BCUT2D eigenvalue weighted by molar-refractivity contribution is -0.143. The van der Waals surface area contributed by atoms with Gasteiger partial charge in [0.1, 0.15) is 5.82 Å². The second-order valence-corrected chi connectivity index (χ2v) is 13.1. The minimum atomic E-state index is -1.06. The molecule has 0 spiro atoms. The van der Waals surface area contributed by atoms with E-state index in [1.807, 2.05) is 4.90 Å². The number of urea groups is 1. The Kier molecular flexibility index (Phi) is 11.3. The van der Waals surface area contributed by atoms with E-state index in [0.717, 1.165) is 25.7 Å². The van der Waals surface area contributed by atoms with Crippen molar-refractivity contribution in [3.63, 3.8) is 0 Å².